The van der Waals surface area contributed by atoms with Crippen molar-refractivity contribution in [3.63, 3.8) is 0 Å². The monoisotopic (exact) mass is 219 g/mol. The molecule has 1 aromatic heterocycles. The molecule has 86 valence electrons. The highest BCUT2D eigenvalue weighted by atomic mass is 16.2. The number of rotatable bonds is 4. The van der Waals surface area contributed by atoms with E-state index in [0.29, 0.717) is 6.54 Å². The molecule has 0 radical (unpaired) electrons. The SMILES string of the molecule is CN(CCc1ccccn1)C(=O)C1CC1N. The molecule has 2 rings (SSSR count). The largest absolute Gasteiger partial charge is 0.345 e. The molecule has 0 aliphatic heterocycles. The maximum absolute atomic E-state index is 11.8. The molecule has 2 atom stereocenters. The molecular weight excluding hydrogens is 202 g/mol. The van der Waals surface area contributed by atoms with Crippen LogP contribution < -0.4 is 5.73 Å². The molecule has 2 N–H and O–H groups in total. The van der Waals surface area contributed by atoms with E-state index in [1.54, 1.807) is 11.1 Å². The molecule has 0 saturated heterocycles. The summed E-state index contributed by atoms with van der Waals surface area (Å²) >= 11 is 0. The van der Waals surface area contributed by atoms with Gasteiger partial charge >= 0.3 is 0 Å². The maximum atomic E-state index is 11.8. The summed E-state index contributed by atoms with van der Waals surface area (Å²) in [6, 6.07) is 5.91. The summed E-state index contributed by atoms with van der Waals surface area (Å²) in [6.45, 7) is 0.707. The Labute approximate surface area is 95.5 Å². The van der Waals surface area contributed by atoms with E-state index in [-0.39, 0.29) is 17.9 Å². The molecule has 16 heavy (non-hydrogen) atoms. The van der Waals surface area contributed by atoms with E-state index >= 15 is 0 Å². The Balaban J connectivity index is 1.80. The van der Waals surface area contributed by atoms with Crippen molar-refractivity contribution in [2.75, 3.05) is 13.6 Å². The Morgan fingerprint density at radius 2 is 2.38 bits per heavy atom. The first-order valence-electron chi connectivity index (χ1n) is 5.59. The van der Waals surface area contributed by atoms with Crippen LogP contribution in [0.2, 0.25) is 0 Å². The van der Waals surface area contributed by atoms with E-state index in [9.17, 15) is 4.79 Å². The van der Waals surface area contributed by atoms with E-state index < -0.39 is 0 Å². The van der Waals surface area contributed by atoms with Gasteiger partial charge in [0.05, 0.1) is 5.92 Å². The fourth-order valence-electron chi connectivity index (χ4n) is 1.72. The van der Waals surface area contributed by atoms with Gasteiger partial charge in [0.15, 0.2) is 0 Å². The summed E-state index contributed by atoms with van der Waals surface area (Å²) < 4.78 is 0. The van der Waals surface area contributed by atoms with Crippen LogP contribution in [0.5, 0.6) is 0 Å². The van der Waals surface area contributed by atoms with Crippen LogP contribution >= 0.6 is 0 Å². The average Bonchev–Trinajstić information content (AvgIpc) is 3.03. The normalized spacial score (nSPS) is 22.9. The quantitative estimate of drug-likeness (QED) is 0.799. The lowest BCUT2D eigenvalue weighted by molar-refractivity contribution is -0.131. The topological polar surface area (TPSA) is 59.2 Å². The van der Waals surface area contributed by atoms with Gasteiger partial charge < -0.3 is 10.6 Å². The standard InChI is InChI=1S/C12H17N3O/c1-15(12(16)10-8-11(10)13)7-5-9-4-2-3-6-14-9/h2-4,6,10-11H,5,7-8,13H2,1H3. The van der Waals surface area contributed by atoms with Crippen molar-refractivity contribution < 1.29 is 4.79 Å². The Hall–Kier alpha value is -1.42. The first kappa shape index (κ1) is 11.1. The molecule has 1 aliphatic carbocycles. The van der Waals surface area contributed by atoms with Gasteiger partial charge in [0, 0.05) is 37.9 Å². The lowest BCUT2D eigenvalue weighted by atomic mass is 10.2. The minimum Gasteiger partial charge on any atom is -0.345 e. The maximum Gasteiger partial charge on any atom is 0.227 e. The van der Waals surface area contributed by atoms with Crippen molar-refractivity contribution >= 4 is 5.91 Å². The van der Waals surface area contributed by atoms with Crippen LogP contribution in [0.3, 0.4) is 0 Å². The highest BCUT2D eigenvalue weighted by Gasteiger charge is 2.41. The van der Waals surface area contributed by atoms with E-state index in [2.05, 4.69) is 4.98 Å². The van der Waals surface area contributed by atoms with Gasteiger partial charge in [-0.05, 0) is 18.6 Å². The fourth-order valence-corrected chi connectivity index (χ4v) is 1.72. The van der Waals surface area contributed by atoms with Crippen molar-refractivity contribution in [2.45, 2.75) is 18.9 Å². The van der Waals surface area contributed by atoms with Crippen LogP contribution in [-0.2, 0) is 11.2 Å². The summed E-state index contributed by atoms with van der Waals surface area (Å²) in [4.78, 5) is 17.7. The van der Waals surface area contributed by atoms with Crippen LogP contribution in [0, 0.1) is 5.92 Å². The molecule has 1 aromatic rings. The number of nitrogens with zero attached hydrogens (tertiary/aromatic N) is 2. The highest BCUT2D eigenvalue weighted by molar-refractivity contribution is 5.82. The van der Waals surface area contributed by atoms with Crippen molar-refractivity contribution in [1.29, 1.82) is 0 Å². The van der Waals surface area contributed by atoms with Crippen LogP contribution in [0.1, 0.15) is 12.1 Å². The molecule has 1 heterocycles. The Morgan fingerprint density at radius 1 is 1.62 bits per heavy atom. The van der Waals surface area contributed by atoms with E-state index in [1.165, 1.54) is 0 Å². The van der Waals surface area contributed by atoms with Gasteiger partial charge in [-0.15, -0.1) is 0 Å². The number of hydrogen-bond acceptors (Lipinski definition) is 3. The van der Waals surface area contributed by atoms with Gasteiger partial charge in [-0.25, -0.2) is 0 Å². The first-order valence-corrected chi connectivity index (χ1v) is 5.59. The summed E-state index contributed by atoms with van der Waals surface area (Å²) in [6.07, 6.45) is 3.41. The second-order valence-corrected chi connectivity index (χ2v) is 4.34. The molecule has 2 unspecified atom stereocenters. The minimum absolute atomic E-state index is 0.0636. The molecule has 0 spiro atoms. The van der Waals surface area contributed by atoms with Crippen LogP contribution in [-0.4, -0.2) is 35.4 Å². The van der Waals surface area contributed by atoms with Crippen LogP contribution in [0.4, 0.5) is 0 Å². The number of pyridine rings is 1. The van der Waals surface area contributed by atoms with E-state index in [4.69, 9.17) is 5.73 Å². The minimum atomic E-state index is 0.0636. The van der Waals surface area contributed by atoms with Gasteiger partial charge in [0.2, 0.25) is 5.91 Å². The van der Waals surface area contributed by atoms with E-state index in [0.717, 1.165) is 18.5 Å². The molecular formula is C12H17N3O. The van der Waals surface area contributed by atoms with Crippen LogP contribution in [0.25, 0.3) is 0 Å². The number of hydrogen-bond donors (Lipinski definition) is 1. The predicted octanol–water partition coefficient (Wildman–Crippen LogP) is 0.430. The molecule has 1 saturated carbocycles. The lowest BCUT2D eigenvalue weighted by Gasteiger charge is -2.16. The first-order chi connectivity index (χ1) is 7.68. The van der Waals surface area contributed by atoms with Gasteiger partial charge in [-0.1, -0.05) is 6.07 Å². The predicted molar refractivity (Wildman–Crippen MR) is 61.7 cm³/mol. The van der Waals surface area contributed by atoms with Crippen molar-refractivity contribution in [1.82, 2.24) is 9.88 Å². The number of amides is 1. The fraction of sp³-hybridized carbons (Fsp3) is 0.500. The van der Waals surface area contributed by atoms with Gasteiger partial charge in [0.1, 0.15) is 0 Å². The number of aromatic nitrogens is 1. The zero-order chi connectivity index (χ0) is 11.5. The molecule has 1 amide bonds. The van der Waals surface area contributed by atoms with Crippen LogP contribution in [0.15, 0.2) is 24.4 Å². The third-order valence-corrected chi connectivity index (χ3v) is 2.96. The zero-order valence-corrected chi connectivity index (χ0v) is 9.47. The third kappa shape index (κ3) is 2.58. The second kappa shape index (κ2) is 4.61. The number of carbonyl (C=O) groups excluding carboxylic acids is 1. The number of carbonyl (C=O) groups is 1. The van der Waals surface area contributed by atoms with Crippen molar-refractivity contribution in [3.8, 4) is 0 Å². The third-order valence-electron chi connectivity index (χ3n) is 2.96. The van der Waals surface area contributed by atoms with Gasteiger partial charge in [-0.3, -0.25) is 9.78 Å². The average molecular weight is 219 g/mol. The van der Waals surface area contributed by atoms with Crippen molar-refractivity contribution in [3.05, 3.63) is 30.1 Å². The molecule has 1 aliphatic rings. The zero-order valence-electron chi connectivity index (χ0n) is 9.47. The smallest absolute Gasteiger partial charge is 0.227 e. The molecule has 4 nitrogen and oxygen atoms in total. The molecule has 0 bridgehead atoms. The molecule has 4 heteroatoms. The molecule has 1 fully saturated rings. The summed E-state index contributed by atoms with van der Waals surface area (Å²) in [5.41, 5.74) is 6.67. The Bertz CT molecular complexity index is 366. The van der Waals surface area contributed by atoms with Gasteiger partial charge in [-0.2, -0.15) is 0 Å². The molecule has 0 aromatic carbocycles. The van der Waals surface area contributed by atoms with Crippen molar-refractivity contribution in [2.24, 2.45) is 11.7 Å². The summed E-state index contributed by atoms with van der Waals surface area (Å²) in [7, 11) is 1.83. The van der Waals surface area contributed by atoms with Gasteiger partial charge in [0.25, 0.3) is 0 Å². The summed E-state index contributed by atoms with van der Waals surface area (Å²) in [5, 5.41) is 0. The lowest BCUT2D eigenvalue weighted by Crippen LogP contribution is -2.32. The second-order valence-electron chi connectivity index (χ2n) is 4.34. The summed E-state index contributed by atoms with van der Waals surface area (Å²) in [5.74, 6) is 0.233. The Kier molecular flexibility index (Phi) is 3.19. The van der Waals surface area contributed by atoms with E-state index in [1.807, 2.05) is 25.2 Å². The number of likely N-dealkylation sites (N-methyl/N-ethyl adjacent to an activating group) is 1. The Morgan fingerprint density at radius 3 is 2.94 bits per heavy atom. The number of nitrogens with two attached hydrogens (primary N) is 1. The highest BCUT2D eigenvalue weighted by Crippen LogP contribution is 2.29.